The highest BCUT2D eigenvalue weighted by atomic mass is 32.1. The number of aromatic nitrogens is 2. The Morgan fingerprint density at radius 1 is 1.50 bits per heavy atom. The molecule has 0 aliphatic carbocycles. The van der Waals surface area contributed by atoms with Crippen LogP contribution in [0.3, 0.4) is 0 Å². The van der Waals surface area contributed by atoms with Crippen LogP contribution >= 0.6 is 11.5 Å². The Morgan fingerprint density at radius 3 is 2.94 bits per heavy atom. The van der Waals surface area contributed by atoms with Crippen molar-refractivity contribution in [1.29, 1.82) is 0 Å². The Hall–Kier alpha value is -1.54. The van der Waals surface area contributed by atoms with Crippen LogP contribution in [0.15, 0.2) is 0 Å². The van der Waals surface area contributed by atoms with E-state index in [1.165, 1.54) is 0 Å². The lowest BCUT2D eigenvalue weighted by Gasteiger charge is -2.04. The number of amides is 1. The number of hydrogen-bond acceptors (Lipinski definition) is 6. The minimum atomic E-state index is -1.03. The van der Waals surface area contributed by atoms with Gasteiger partial charge in [-0.2, -0.15) is 0 Å². The van der Waals surface area contributed by atoms with Crippen LogP contribution in [0.1, 0.15) is 28.7 Å². The van der Waals surface area contributed by atoms with Gasteiger partial charge in [0.25, 0.3) is 5.91 Å². The summed E-state index contributed by atoms with van der Waals surface area (Å²) < 4.78 is 8.55. The summed E-state index contributed by atoms with van der Waals surface area (Å²) in [4.78, 5) is 22.4. The van der Waals surface area contributed by atoms with Crippen molar-refractivity contribution >= 4 is 23.4 Å². The van der Waals surface area contributed by atoms with Crippen molar-refractivity contribution in [2.45, 2.75) is 19.8 Å². The second kappa shape index (κ2) is 7.72. The minimum Gasteiger partial charge on any atom is -0.480 e. The van der Waals surface area contributed by atoms with Crippen molar-refractivity contribution in [3.63, 3.8) is 0 Å². The summed E-state index contributed by atoms with van der Waals surface area (Å²) in [5.41, 5.74) is 0.700. The first-order valence-electron chi connectivity index (χ1n) is 5.54. The molecule has 1 heterocycles. The van der Waals surface area contributed by atoms with Crippen LogP contribution in [-0.2, 0) is 16.0 Å². The first-order valence-corrected chi connectivity index (χ1v) is 6.31. The van der Waals surface area contributed by atoms with Gasteiger partial charge in [-0.05, 0) is 18.0 Å². The average molecular weight is 273 g/mol. The van der Waals surface area contributed by atoms with Crippen molar-refractivity contribution < 1.29 is 19.4 Å². The van der Waals surface area contributed by atoms with E-state index in [-0.39, 0.29) is 25.7 Å². The molecule has 1 rings (SSSR count). The zero-order valence-electron chi connectivity index (χ0n) is 10.0. The Kier molecular flexibility index (Phi) is 6.23. The minimum absolute atomic E-state index is 0.160. The first kappa shape index (κ1) is 14.5. The molecule has 7 nitrogen and oxygen atoms in total. The monoisotopic (exact) mass is 273 g/mol. The molecule has 0 saturated heterocycles. The Balaban J connectivity index is 2.31. The quantitative estimate of drug-likeness (QED) is 0.661. The molecule has 8 heteroatoms. The Morgan fingerprint density at radius 2 is 2.28 bits per heavy atom. The fraction of sp³-hybridized carbons (Fsp3) is 0.600. The molecule has 1 aromatic heterocycles. The zero-order valence-corrected chi connectivity index (χ0v) is 10.8. The molecular weight excluding hydrogens is 258 g/mol. The molecule has 18 heavy (non-hydrogen) atoms. The van der Waals surface area contributed by atoms with Crippen molar-refractivity contribution in [2.75, 3.05) is 19.8 Å². The van der Waals surface area contributed by atoms with Gasteiger partial charge in [0.05, 0.1) is 12.3 Å². The smallest absolute Gasteiger partial charge is 0.329 e. The van der Waals surface area contributed by atoms with Crippen LogP contribution < -0.4 is 5.32 Å². The van der Waals surface area contributed by atoms with Gasteiger partial charge in [0.15, 0.2) is 0 Å². The van der Waals surface area contributed by atoms with Gasteiger partial charge in [-0.1, -0.05) is 17.8 Å². The number of ether oxygens (including phenoxy) is 1. The maximum atomic E-state index is 11.7. The summed E-state index contributed by atoms with van der Waals surface area (Å²) in [6.07, 6.45) is 1.61. The number of aliphatic carboxylic acids is 1. The third-order valence-electron chi connectivity index (χ3n) is 2.01. The average Bonchev–Trinajstić information content (AvgIpc) is 2.77. The second-order valence-corrected chi connectivity index (χ2v) is 4.26. The molecule has 100 valence electrons. The van der Waals surface area contributed by atoms with Gasteiger partial charge < -0.3 is 15.2 Å². The number of rotatable bonds is 8. The summed E-state index contributed by atoms with van der Waals surface area (Å²) in [5, 5.41) is 14.9. The highest BCUT2D eigenvalue weighted by Crippen LogP contribution is 2.11. The van der Waals surface area contributed by atoms with Gasteiger partial charge in [-0.25, -0.2) is 4.79 Å². The molecule has 1 aromatic rings. The number of nitrogens with one attached hydrogen (secondary N) is 1. The Bertz CT molecular complexity index is 408. The molecule has 0 aliphatic rings. The maximum absolute atomic E-state index is 11.7. The molecule has 0 radical (unpaired) electrons. The van der Waals surface area contributed by atoms with Gasteiger partial charge in [0.1, 0.15) is 11.5 Å². The summed E-state index contributed by atoms with van der Waals surface area (Å²) in [6, 6.07) is 0. The molecule has 0 aromatic carbocycles. The predicted molar refractivity (Wildman–Crippen MR) is 64.7 cm³/mol. The highest BCUT2D eigenvalue weighted by molar-refractivity contribution is 7.08. The zero-order chi connectivity index (χ0) is 13.4. The molecule has 0 bridgehead atoms. The number of nitrogens with zero attached hydrogens (tertiary/aromatic N) is 2. The van der Waals surface area contributed by atoms with Crippen LogP contribution in [0.4, 0.5) is 0 Å². The van der Waals surface area contributed by atoms with E-state index in [0.29, 0.717) is 10.6 Å². The van der Waals surface area contributed by atoms with Crippen molar-refractivity contribution in [1.82, 2.24) is 14.9 Å². The normalized spacial score (nSPS) is 10.3. The number of aryl methyl sites for hydroxylation is 1. The van der Waals surface area contributed by atoms with Gasteiger partial charge in [0.2, 0.25) is 0 Å². The number of hydrogen-bond donors (Lipinski definition) is 2. The van der Waals surface area contributed by atoms with Gasteiger partial charge in [-0.15, -0.1) is 5.10 Å². The summed E-state index contributed by atoms with van der Waals surface area (Å²) in [5.74, 6) is -1.27. The van der Waals surface area contributed by atoms with E-state index < -0.39 is 5.97 Å². The second-order valence-electron chi connectivity index (χ2n) is 3.50. The SMILES string of the molecule is CCCc1nnsc1C(=O)NCCOCC(=O)O. The van der Waals surface area contributed by atoms with Crippen LogP contribution in [0.5, 0.6) is 0 Å². The predicted octanol–water partition coefficient (Wildman–Crippen LogP) is 0.322. The van der Waals surface area contributed by atoms with Gasteiger partial charge in [0, 0.05) is 6.54 Å². The summed E-state index contributed by atoms with van der Waals surface area (Å²) in [6.45, 7) is 2.06. The van der Waals surface area contributed by atoms with E-state index >= 15 is 0 Å². The fourth-order valence-corrected chi connectivity index (χ4v) is 1.88. The van der Waals surface area contributed by atoms with Gasteiger partial charge >= 0.3 is 5.97 Å². The molecule has 2 N–H and O–H groups in total. The van der Waals surface area contributed by atoms with Crippen LogP contribution in [0.25, 0.3) is 0 Å². The van der Waals surface area contributed by atoms with Crippen molar-refractivity contribution in [3.05, 3.63) is 10.6 Å². The lowest BCUT2D eigenvalue weighted by atomic mass is 10.2. The van der Waals surface area contributed by atoms with Crippen LogP contribution in [-0.4, -0.2) is 46.3 Å². The molecule has 0 atom stereocenters. The van der Waals surface area contributed by atoms with E-state index in [4.69, 9.17) is 9.84 Å². The molecule has 0 unspecified atom stereocenters. The topological polar surface area (TPSA) is 101 Å². The lowest BCUT2D eigenvalue weighted by Crippen LogP contribution is -2.28. The molecule has 0 spiro atoms. The molecule has 0 fully saturated rings. The van der Waals surface area contributed by atoms with Gasteiger partial charge in [-0.3, -0.25) is 4.79 Å². The fourth-order valence-electron chi connectivity index (χ4n) is 1.26. The van der Waals surface area contributed by atoms with Crippen LogP contribution in [0, 0.1) is 0 Å². The highest BCUT2D eigenvalue weighted by Gasteiger charge is 2.14. The van der Waals surface area contributed by atoms with E-state index in [9.17, 15) is 9.59 Å². The third-order valence-corrected chi connectivity index (χ3v) is 2.77. The van der Waals surface area contributed by atoms with Crippen molar-refractivity contribution in [3.8, 4) is 0 Å². The number of carboxylic acid groups (broad SMARTS) is 1. The summed E-state index contributed by atoms with van der Waals surface area (Å²) >= 11 is 1.06. The lowest BCUT2D eigenvalue weighted by molar-refractivity contribution is -0.142. The first-order chi connectivity index (χ1) is 8.65. The molecular formula is C10H15N3O4S. The number of carboxylic acids is 1. The maximum Gasteiger partial charge on any atom is 0.329 e. The standard InChI is InChI=1S/C10H15N3O4S/c1-2-3-7-9(18-13-12-7)10(16)11-4-5-17-6-8(14)15/h2-6H2,1H3,(H,11,16)(H,14,15). The molecule has 0 saturated carbocycles. The molecule has 0 aliphatic heterocycles. The third kappa shape index (κ3) is 4.76. The molecule has 1 amide bonds. The van der Waals surface area contributed by atoms with E-state index in [1.807, 2.05) is 6.92 Å². The van der Waals surface area contributed by atoms with Crippen LogP contribution in [0.2, 0.25) is 0 Å². The number of carbonyl (C=O) groups is 2. The van der Waals surface area contributed by atoms with Crippen molar-refractivity contribution in [2.24, 2.45) is 0 Å². The van der Waals surface area contributed by atoms with E-state index in [1.54, 1.807) is 0 Å². The van der Waals surface area contributed by atoms with E-state index in [2.05, 4.69) is 14.9 Å². The summed E-state index contributed by atoms with van der Waals surface area (Å²) in [7, 11) is 0. The largest absolute Gasteiger partial charge is 0.480 e. The Labute approximate surface area is 108 Å². The number of carbonyl (C=O) groups excluding carboxylic acids is 1. The van der Waals surface area contributed by atoms with E-state index in [0.717, 1.165) is 24.4 Å².